The number of amides is 1. The van der Waals surface area contributed by atoms with Gasteiger partial charge in [-0.3, -0.25) is 4.79 Å². The molecule has 0 saturated heterocycles. The molecule has 0 aromatic heterocycles. The summed E-state index contributed by atoms with van der Waals surface area (Å²) in [6, 6.07) is 14.7. The number of ether oxygens (including phenoxy) is 1. The molecule has 0 fully saturated rings. The van der Waals surface area contributed by atoms with Gasteiger partial charge in [0, 0.05) is 5.69 Å². The summed E-state index contributed by atoms with van der Waals surface area (Å²) < 4.78 is 5.66. The highest BCUT2D eigenvalue weighted by Crippen LogP contribution is 2.20. The van der Waals surface area contributed by atoms with Crippen molar-refractivity contribution in [1.29, 1.82) is 5.26 Å². The quantitative estimate of drug-likeness (QED) is 0.916. The van der Waals surface area contributed by atoms with Crippen LogP contribution in [0.4, 0.5) is 5.69 Å². The number of aryl methyl sites for hydroxylation is 1. The van der Waals surface area contributed by atoms with Gasteiger partial charge in [-0.05, 0) is 49.2 Å². The summed E-state index contributed by atoms with van der Waals surface area (Å²) in [5.41, 5.74) is 3.39. The molecule has 0 unspecified atom stereocenters. The molecule has 1 N–H and O–H groups in total. The highest BCUT2D eigenvalue weighted by atomic mass is 16.5. The number of hydrogen-bond donors (Lipinski definition) is 1. The first-order valence-electron chi connectivity index (χ1n) is 7.09. The Morgan fingerprint density at radius 1 is 1.23 bits per heavy atom. The van der Waals surface area contributed by atoms with Crippen LogP contribution in [-0.2, 0) is 4.79 Å². The summed E-state index contributed by atoms with van der Waals surface area (Å²) in [5, 5.41) is 11.6. The minimum absolute atomic E-state index is 0.139. The maximum Gasteiger partial charge on any atom is 0.227 e. The molecular formula is C18H18N2O2. The van der Waals surface area contributed by atoms with Crippen LogP contribution in [0, 0.1) is 25.2 Å². The molecule has 0 bridgehead atoms. The molecule has 1 amide bonds. The minimum atomic E-state index is -0.139. The minimum Gasteiger partial charge on any atom is -0.493 e. The molecule has 2 rings (SSSR count). The van der Waals surface area contributed by atoms with E-state index in [1.807, 2.05) is 38.1 Å². The zero-order valence-corrected chi connectivity index (χ0v) is 12.7. The first-order chi connectivity index (χ1) is 10.6. The van der Waals surface area contributed by atoms with Crippen molar-refractivity contribution >= 4 is 11.6 Å². The van der Waals surface area contributed by atoms with Crippen molar-refractivity contribution in [3.05, 3.63) is 59.2 Å². The number of nitriles is 1. The van der Waals surface area contributed by atoms with Crippen LogP contribution in [0.5, 0.6) is 5.75 Å². The molecule has 0 radical (unpaired) electrons. The van der Waals surface area contributed by atoms with E-state index in [9.17, 15) is 4.79 Å². The van der Waals surface area contributed by atoms with E-state index in [2.05, 4.69) is 5.32 Å². The summed E-state index contributed by atoms with van der Waals surface area (Å²) in [6.07, 6.45) is 0.254. The second kappa shape index (κ2) is 7.28. The second-order valence-electron chi connectivity index (χ2n) is 5.04. The lowest BCUT2D eigenvalue weighted by Crippen LogP contribution is -2.15. The van der Waals surface area contributed by atoms with Gasteiger partial charge >= 0.3 is 0 Å². The van der Waals surface area contributed by atoms with Gasteiger partial charge in [-0.1, -0.05) is 18.2 Å². The predicted molar refractivity (Wildman–Crippen MR) is 85.8 cm³/mol. The van der Waals surface area contributed by atoms with E-state index in [1.54, 1.807) is 24.3 Å². The van der Waals surface area contributed by atoms with Crippen molar-refractivity contribution in [2.75, 3.05) is 11.9 Å². The lowest BCUT2D eigenvalue weighted by molar-refractivity contribution is -0.116. The number of carbonyl (C=O) groups excluding carboxylic acids is 1. The summed E-state index contributed by atoms with van der Waals surface area (Å²) in [5.74, 6) is 0.666. The van der Waals surface area contributed by atoms with E-state index in [-0.39, 0.29) is 12.3 Å². The zero-order chi connectivity index (χ0) is 15.9. The first-order valence-corrected chi connectivity index (χ1v) is 7.09. The van der Waals surface area contributed by atoms with Crippen molar-refractivity contribution < 1.29 is 9.53 Å². The van der Waals surface area contributed by atoms with E-state index in [0.717, 1.165) is 16.9 Å². The predicted octanol–water partition coefficient (Wildman–Crippen LogP) is 3.58. The normalized spacial score (nSPS) is 9.86. The number of carbonyl (C=O) groups is 1. The summed E-state index contributed by atoms with van der Waals surface area (Å²) in [7, 11) is 0. The Labute approximate surface area is 130 Å². The molecule has 2 aromatic rings. The second-order valence-corrected chi connectivity index (χ2v) is 5.04. The maximum atomic E-state index is 11.9. The number of rotatable bonds is 5. The van der Waals surface area contributed by atoms with E-state index in [1.165, 1.54) is 0 Å². The molecule has 0 spiro atoms. The van der Waals surface area contributed by atoms with Crippen LogP contribution in [0.2, 0.25) is 0 Å². The van der Waals surface area contributed by atoms with Gasteiger partial charge in [0.05, 0.1) is 24.7 Å². The van der Waals surface area contributed by atoms with Crippen LogP contribution in [-0.4, -0.2) is 12.5 Å². The first kappa shape index (κ1) is 15.6. The van der Waals surface area contributed by atoms with Gasteiger partial charge in [-0.15, -0.1) is 0 Å². The van der Waals surface area contributed by atoms with Gasteiger partial charge in [0.2, 0.25) is 5.91 Å². The van der Waals surface area contributed by atoms with Crippen molar-refractivity contribution in [1.82, 2.24) is 0 Å². The van der Waals surface area contributed by atoms with E-state index in [0.29, 0.717) is 17.9 Å². The van der Waals surface area contributed by atoms with Crippen LogP contribution in [0.1, 0.15) is 23.1 Å². The number of nitrogens with one attached hydrogen (secondary N) is 1. The third kappa shape index (κ3) is 4.10. The molecule has 22 heavy (non-hydrogen) atoms. The molecule has 0 saturated carbocycles. The van der Waals surface area contributed by atoms with Gasteiger partial charge in [0.1, 0.15) is 5.75 Å². The largest absolute Gasteiger partial charge is 0.493 e. The molecule has 0 aliphatic heterocycles. The smallest absolute Gasteiger partial charge is 0.227 e. The van der Waals surface area contributed by atoms with E-state index < -0.39 is 0 Å². The molecule has 0 atom stereocenters. The highest BCUT2D eigenvalue weighted by molar-refractivity contribution is 5.90. The van der Waals surface area contributed by atoms with Gasteiger partial charge in [-0.25, -0.2) is 0 Å². The summed E-state index contributed by atoms with van der Waals surface area (Å²) in [6.45, 7) is 4.34. The lowest BCUT2D eigenvalue weighted by atomic mass is 10.1. The Balaban J connectivity index is 1.85. The maximum absolute atomic E-state index is 11.9. The number of nitrogens with zero attached hydrogens (tertiary/aromatic N) is 1. The highest BCUT2D eigenvalue weighted by Gasteiger charge is 2.06. The van der Waals surface area contributed by atoms with Gasteiger partial charge < -0.3 is 10.1 Å². The standard InChI is InChI=1S/C18H18N2O2/c1-13-5-3-8-17(14(13)2)22-10-9-18(21)20-16-7-4-6-15(11-16)12-19/h3-8,11H,9-10H2,1-2H3,(H,20,21). The Morgan fingerprint density at radius 2 is 2.00 bits per heavy atom. The van der Waals surface area contributed by atoms with Crippen LogP contribution in [0.3, 0.4) is 0 Å². The number of anilines is 1. The molecule has 0 heterocycles. The van der Waals surface area contributed by atoms with Gasteiger partial charge in [0.25, 0.3) is 0 Å². The third-order valence-electron chi connectivity index (χ3n) is 3.42. The molecule has 4 heteroatoms. The third-order valence-corrected chi connectivity index (χ3v) is 3.42. The Bertz CT molecular complexity index is 717. The topological polar surface area (TPSA) is 62.1 Å². The Kier molecular flexibility index (Phi) is 5.16. The van der Waals surface area contributed by atoms with Crippen molar-refractivity contribution in [2.45, 2.75) is 20.3 Å². The van der Waals surface area contributed by atoms with E-state index >= 15 is 0 Å². The van der Waals surface area contributed by atoms with E-state index in [4.69, 9.17) is 10.00 Å². The summed E-state index contributed by atoms with van der Waals surface area (Å²) >= 11 is 0. The van der Waals surface area contributed by atoms with Crippen molar-refractivity contribution in [3.8, 4) is 11.8 Å². The monoisotopic (exact) mass is 294 g/mol. The Hall–Kier alpha value is -2.80. The molecular weight excluding hydrogens is 276 g/mol. The fourth-order valence-electron chi connectivity index (χ4n) is 2.02. The molecule has 0 aliphatic carbocycles. The molecule has 2 aromatic carbocycles. The van der Waals surface area contributed by atoms with Crippen LogP contribution >= 0.6 is 0 Å². The zero-order valence-electron chi connectivity index (χ0n) is 12.7. The van der Waals surface area contributed by atoms with Crippen LogP contribution in [0.25, 0.3) is 0 Å². The van der Waals surface area contributed by atoms with Crippen molar-refractivity contribution in [2.24, 2.45) is 0 Å². The SMILES string of the molecule is Cc1cccc(OCCC(=O)Nc2cccc(C#N)c2)c1C. The fraction of sp³-hybridized carbons (Fsp3) is 0.222. The number of hydrogen-bond acceptors (Lipinski definition) is 3. The molecule has 0 aliphatic rings. The van der Waals surface area contributed by atoms with Crippen molar-refractivity contribution in [3.63, 3.8) is 0 Å². The van der Waals surface area contributed by atoms with Gasteiger partial charge in [0.15, 0.2) is 0 Å². The summed E-state index contributed by atoms with van der Waals surface area (Å²) in [4.78, 5) is 11.9. The van der Waals surface area contributed by atoms with Gasteiger partial charge in [-0.2, -0.15) is 5.26 Å². The fourth-order valence-corrected chi connectivity index (χ4v) is 2.02. The van der Waals surface area contributed by atoms with Crippen LogP contribution in [0.15, 0.2) is 42.5 Å². The average molecular weight is 294 g/mol. The molecule has 4 nitrogen and oxygen atoms in total. The van der Waals surface area contributed by atoms with Crippen LogP contribution < -0.4 is 10.1 Å². The number of benzene rings is 2. The molecule has 112 valence electrons. The Morgan fingerprint density at radius 3 is 2.77 bits per heavy atom. The average Bonchev–Trinajstić information content (AvgIpc) is 2.51. The lowest BCUT2D eigenvalue weighted by Gasteiger charge is -2.11.